The van der Waals surface area contributed by atoms with Crippen molar-refractivity contribution in [3.63, 3.8) is 0 Å². The Hall–Kier alpha value is -2.24. The first-order valence-corrected chi connectivity index (χ1v) is 7.95. The predicted molar refractivity (Wildman–Crippen MR) is 89.4 cm³/mol. The Morgan fingerprint density at radius 3 is 2.71 bits per heavy atom. The van der Waals surface area contributed by atoms with Crippen molar-refractivity contribution in [1.29, 1.82) is 0 Å². The normalized spacial score (nSPS) is 17.4. The van der Waals surface area contributed by atoms with Gasteiger partial charge in [0.05, 0.1) is 13.2 Å². The molecule has 1 aliphatic heterocycles. The van der Waals surface area contributed by atoms with Gasteiger partial charge in [0, 0.05) is 20.1 Å². The number of amides is 1. The lowest BCUT2D eigenvalue weighted by molar-refractivity contribution is -0.175. The van der Waals surface area contributed by atoms with E-state index in [9.17, 15) is 9.18 Å². The number of carbonyl (C=O) groups is 1. The van der Waals surface area contributed by atoms with Gasteiger partial charge in [-0.2, -0.15) is 0 Å². The Bertz CT molecular complexity index is 721. The molecule has 0 saturated heterocycles. The highest BCUT2D eigenvalue weighted by Crippen LogP contribution is 2.26. The van der Waals surface area contributed by atoms with Gasteiger partial charge in [0.2, 0.25) is 0 Å². The van der Waals surface area contributed by atoms with Gasteiger partial charge in [-0.05, 0) is 35.2 Å². The summed E-state index contributed by atoms with van der Waals surface area (Å²) in [6.45, 7) is 1.27. The van der Waals surface area contributed by atoms with E-state index in [1.54, 1.807) is 7.05 Å². The number of hydroxylamine groups is 2. The van der Waals surface area contributed by atoms with Crippen LogP contribution >= 0.6 is 0 Å². The van der Waals surface area contributed by atoms with Crippen LogP contribution in [-0.2, 0) is 29.1 Å². The molecule has 0 N–H and O–H groups in total. The Kier molecular flexibility index (Phi) is 4.92. The van der Waals surface area contributed by atoms with E-state index in [1.165, 1.54) is 24.3 Å². The van der Waals surface area contributed by atoms with Crippen LogP contribution in [0.15, 0.2) is 48.5 Å². The van der Waals surface area contributed by atoms with Crippen molar-refractivity contribution >= 4 is 5.91 Å². The molecule has 0 radical (unpaired) electrons. The monoisotopic (exact) mass is 328 g/mol. The predicted octanol–water partition coefficient (Wildman–Crippen LogP) is 2.77. The largest absolute Gasteiger partial charge is 0.283 e. The maximum absolute atomic E-state index is 13.6. The number of nitrogens with zero attached hydrogens (tertiary/aromatic N) is 2. The van der Waals surface area contributed by atoms with Crippen LogP contribution in [0.3, 0.4) is 0 Å². The molecule has 1 amide bonds. The molecule has 1 aliphatic rings. The summed E-state index contributed by atoms with van der Waals surface area (Å²) in [7, 11) is 3.07. The quantitative estimate of drug-likeness (QED) is 0.809. The number of hydrogen-bond donors (Lipinski definition) is 0. The van der Waals surface area contributed by atoms with Crippen molar-refractivity contribution in [3.05, 3.63) is 71.0 Å². The molecule has 0 spiro atoms. The van der Waals surface area contributed by atoms with Crippen LogP contribution in [0.1, 0.15) is 16.7 Å². The van der Waals surface area contributed by atoms with Gasteiger partial charge in [-0.1, -0.05) is 36.4 Å². The van der Waals surface area contributed by atoms with E-state index >= 15 is 0 Å². The summed E-state index contributed by atoms with van der Waals surface area (Å²) in [5.74, 6) is -0.389. The molecule has 2 aromatic carbocycles. The molecule has 126 valence electrons. The second-order valence-electron chi connectivity index (χ2n) is 6.04. The number of benzene rings is 2. The van der Waals surface area contributed by atoms with E-state index in [4.69, 9.17) is 4.84 Å². The van der Waals surface area contributed by atoms with Gasteiger partial charge < -0.3 is 0 Å². The first-order valence-electron chi connectivity index (χ1n) is 7.95. The lowest BCUT2D eigenvalue weighted by Crippen LogP contribution is -2.50. The molecule has 24 heavy (non-hydrogen) atoms. The van der Waals surface area contributed by atoms with Crippen molar-refractivity contribution in [1.82, 2.24) is 9.96 Å². The minimum absolute atomic E-state index is 0.122. The average molecular weight is 328 g/mol. The van der Waals surface area contributed by atoms with Gasteiger partial charge in [-0.25, -0.2) is 9.45 Å². The zero-order chi connectivity index (χ0) is 17.1. The molecule has 0 aromatic heterocycles. The summed E-state index contributed by atoms with van der Waals surface area (Å²) < 4.78 is 13.6. The minimum Gasteiger partial charge on any atom is -0.283 e. The summed E-state index contributed by atoms with van der Waals surface area (Å²) >= 11 is 0. The van der Waals surface area contributed by atoms with Crippen molar-refractivity contribution in [2.45, 2.75) is 25.6 Å². The summed E-state index contributed by atoms with van der Waals surface area (Å²) in [5.41, 5.74) is 3.10. The third-order valence-electron chi connectivity index (χ3n) is 4.49. The Morgan fingerprint density at radius 2 is 2.00 bits per heavy atom. The first-order chi connectivity index (χ1) is 11.6. The minimum atomic E-state index is -0.371. The SMILES string of the molecule is CON(C)C(=O)C1Cc2cc(F)ccc2CN1Cc1ccccc1. The van der Waals surface area contributed by atoms with Crippen LogP contribution < -0.4 is 0 Å². The van der Waals surface area contributed by atoms with Gasteiger partial charge in [0.1, 0.15) is 5.82 Å². The van der Waals surface area contributed by atoms with E-state index in [-0.39, 0.29) is 17.8 Å². The fourth-order valence-electron chi connectivity index (χ4n) is 3.13. The fraction of sp³-hybridized carbons (Fsp3) is 0.316. The first kappa shape index (κ1) is 16.6. The van der Waals surface area contributed by atoms with Crippen molar-refractivity contribution in [2.24, 2.45) is 0 Å². The number of halogens is 1. The lowest BCUT2D eigenvalue weighted by atomic mass is 9.92. The third kappa shape index (κ3) is 3.47. The van der Waals surface area contributed by atoms with Crippen molar-refractivity contribution in [2.75, 3.05) is 14.2 Å². The van der Waals surface area contributed by atoms with Gasteiger partial charge in [-0.3, -0.25) is 14.5 Å². The van der Waals surface area contributed by atoms with Crippen LogP contribution in [0.5, 0.6) is 0 Å². The number of fused-ring (bicyclic) bond motifs is 1. The maximum Gasteiger partial charge on any atom is 0.263 e. The van der Waals surface area contributed by atoms with Gasteiger partial charge >= 0.3 is 0 Å². The summed E-state index contributed by atoms with van der Waals surface area (Å²) in [6.07, 6.45) is 0.479. The molecule has 0 bridgehead atoms. The molecule has 1 unspecified atom stereocenters. The molecular formula is C19H21FN2O2. The molecule has 1 atom stereocenters. The molecule has 0 saturated carbocycles. The number of likely N-dealkylation sites (N-methyl/N-ethyl adjacent to an activating group) is 1. The van der Waals surface area contributed by atoms with Crippen LogP contribution in [0, 0.1) is 5.82 Å². The molecule has 3 rings (SSSR count). The number of rotatable bonds is 4. The smallest absolute Gasteiger partial charge is 0.263 e. The van der Waals surface area contributed by atoms with Gasteiger partial charge in [0.25, 0.3) is 5.91 Å². The molecular weight excluding hydrogens is 307 g/mol. The topological polar surface area (TPSA) is 32.8 Å². The highest BCUT2D eigenvalue weighted by atomic mass is 19.1. The van der Waals surface area contributed by atoms with Gasteiger partial charge in [0.15, 0.2) is 0 Å². The van der Waals surface area contributed by atoms with Crippen LogP contribution in [-0.4, -0.2) is 36.1 Å². The zero-order valence-corrected chi connectivity index (χ0v) is 13.9. The maximum atomic E-state index is 13.6. The molecule has 1 heterocycles. The van der Waals surface area contributed by atoms with Gasteiger partial charge in [-0.15, -0.1) is 0 Å². The number of carbonyl (C=O) groups excluding carboxylic acids is 1. The van der Waals surface area contributed by atoms with Crippen LogP contribution in [0.2, 0.25) is 0 Å². The molecule has 5 heteroatoms. The van der Waals surface area contributed by atoms with Crippen molar-refractivity contribution < 1.29 is 14.0 Å². The molecule has 2 aromatic rings. The summed E-state index contributed by atoms with van der Waals surface area (Å²) in [4.78, 5) is 19.9. The van der Waals surface area contributed by atoms with E-state index in [0.717, 1.165) is 16.7 Å². The number of hydrogen-bond acceptors (Lipinski definition) is 3. The third-order valence-corrected chi connectivity index (χ3v) is 4.49. The van der Waals surface area contributed by atoms with E-state index in [2.05, 4.69) is 4.90 Å². The molecule has 0 aliphatic carbocycles. The Balaban J connectivity index is 1.90. The van der Waals surface area contributed by atoms with E-state index in [1.807, 2.05) is 36.4 Å². The van der Waals surface area contributed by atoms with Crippen molar-refractivity contribution in [3.8, 4) is 0 Å². The molecule has 4 nitrogen and oxygen atoms in total. The highest BCUT2D eigenvalue weighted by Gasteiger charge is 2.33. The lowest BCUT2D eigenvalue weighted by Gasteiger charge is -2.37. The zero-order valence-electron chi connectivity index (χ0n) is 13.9. The van der Waals surface area contributed by atoms with E-state index < -0.39 is 0 Å². The second kappa shape index (κ2) is 7.11. The standard InChI is InChI=1S/C19H21FN2O2/c1-21(24-2)19(23)18-11-16-10-17(20)9-8-15(16)13-22(18)12-14-6-4-3-5-7-14/h3-10,18H,11-13H2,1-2H3. The second-order valence-corrected chi connectivity index (χ2v) is 6.04. The van der Waals surface area contributed by atoms with E-state index in [0.29, 0.717) is 19.5 Å². The summed E-state index contributed by atoms with van der Waals surface area (Å²) in [5, 5.41) is 1.24. The Morgan fingerprint density at radius 1 is 1.25 bits per heavy atom. The van der Waals surface area contributed by atoms with Crippen LogP contribution in [0.25, 0.3) is 0 Å². The fourth-order valence-corrected chi connectivity index (χ4v) is 3.13. The Labute approximate surface area is 141 Å². The molecule has 0 fully saturated rings. The average Bonchev–Trinajstić information content (AvgIpc) is 2.61. The summed E-state index contributed by atoms with van der Waals surface area (Å²) in [6, 6.07) is 14.5. The highest BCUT2D eigenvalue weighted by molar-refractivity contribution is 5.81. The van der Waals surface area contributed by atoms with Crippen LogP contribution in [0.4, 0.5) is 4.39 Å².